The van der Waals surface area contributed by atoms with Crippen LogP contribution in [0.2, 0.25) is 0 Å². The number of carbonyl (C=O) groups excluding carboxylic acids is 1. The van der Waals surface area contributed by atoms with Gasteiger partial charge in [0.2, 0.25) is 17.7 Å². The average Bonchev–Trinajstić information content (AvgIpc) is 2.84. The molecule has 1 heterocycles. The zero-order chi connectivity index (χ0) is 14.7. The summed E-state index contributed by atoms with van der Waals surface area (Å²) in [4.78, 5) is 12.0. The first-order valence-corrected chi connectivity index (χ1v) is 6.45. The van der Waals surface area contributed by atoms with Crippen molar-refractivity contribution in [2.45, 2.75) is 26.8 Å². The lowest BCUT2D eigenvalue weighted by Gasteiger charge is -2.16. The molecule has 1 aromatic carbocycles. The van der Waals surface area contributed by atoms with E-state index in [0.29, 0.717) is 23.0 Å². The third-order valence-electron chi connectivity index (χ3n) is 2.96. The second-order valence-corrected chi connectivity index (χ2v) is 4.93. The molecule has 6 nitrogen and oxygen atoms in total. The molecule has 1 aromatic heterocycles. The van der Waals surface area contributed by atoms with Gasteiger partial charge in [0.25, 0.3) is 0 Å². The number of aryl methyl sites for hydroxylation is 1. The topological polar surface area (TPSA) is 94.0 Å². The Morgan fingerprint density at radius 1 is 1.30 bits per heavy atom. The molecule has 1 amide bonds. The minimum absolute atomic E-state index is 0.0628. The van der Waals surface area contributed by atoms with E-state index in [2.05, 4.69) is 15.5 Å². The van der Waals surface area contributed by atoms with Gasteiger partial charge in [-0.05, 0) is 18.1 Å². The minimum atomic E-state index is -0.563. The van der Waals surface area contributed by atoms with Gasteiger partial charge in [0.1, 0.15) is 0 Å². The van der Waals surface area contributed by atoms with Crippen molar-refractivity contribution in [2.24, 2.45) is 11.7 Å². The summed E-state index contributed by atoms with van der Waals surface area (Å²) < 4.78 is 5.39. The van der Waals surface area contributed by atoms with Crippen LogP contribution >= 0.6 is 0 Å². The highest BCUT2D eigenvalue weighted by molar-refractivity contribution is 5.97. The molecule has 20 heavy (non-hydrogen) atoms. The Kier molecular flexibility index (Phi) is 4.14. The van der Waals surface area contributed by atoms with E-state index in [1.807, 2.05) is 32.0 Å². The van der Waals surface area contributed by atoms with Crippen molar-refractivity contribution in [3.8, 4) is 11.5 Å². The molecule has 0 bridgehead atoms. The van der Waals surface area contributed by atoms with Crippen molar-refractivity contribution >= 4 is 11.6 Å². The van der Waals surface area contributed by atoms with Gasteiger partial charge in [-0.15, -0.1) is 10.2 Å². The maximum Gasteiger partial charge on any atom is 0.249 e. The molecule has 2 aromatic rings. The lowest BCUT2D eigenvalue weighted by Crippen LogP contribution is -2.39. The van der Waals surface area contributed by atoms with Crippen molar-refractivity contribution in [2.75, 3.05) is 5.32 Å². The number of hydrogen-bond acceptors (Lipinski definition) is 5. The van der Waals surface area contributed by atoms with E-state index >= 15 is 0 Å². The molecule has 1 atom stereocenters. The molecule has 1 unspecified atom stereocenters. The van der Waals surface area contributed by atoms with Crippen molar-refractivity contribution in [1.82, 2.24) is 10.2 Å². The van der Waals surface area contributed by atoms with E-state index in [4.69, 9.17) is 10.2 Å². The predicted molar refractivity (Wildman–Crippen MR) is 75.9 cm³/mol. The van der Waals surface area contributed by atoms with Crippen LogP contribution in [0.15, 0.2) is 28.7 Å². The van der Waals surface area contributed by atoms with Gasteiger partial charge in [0.05, 0.1) is 17.3 Å². The van der Waals surface area contributed by atoms with Gasteiger partial charge < -0.3 is 15.5 Å². The van der Waals surface area contributed by atoms with E-state index in [1.54, 1.807) is 13.0 Å². The van der Waals surface area contributed by atoms with E-state index in [0.717, 1.165) is 0 Å². The molecule has 0 aliphatic carbocycles. The monoisotopic (exact) mass is 274 g/mol. The standard InChI is InChI=1S/C14H18N4O2/c1-8(2)12(15)13(19)16-11-7-5-4-6-10(11)14-18-17-9(3)20-14/h4-8,12H,15H2,1-3H3,(H,16,19). The molecule has 6 heteroatoms. The van der Waals surface area contributed by atoms with Crippen LogP contribution in [0.4, 0.5) is 5.69 Å². The van der Waals surface area contributed by atoms with E-state index in [9.17, 15) is 4.79 Å². The number of nitrogens with two attached hydrogens (primary N) is 1. The second-order valence-electron chi connectivity index (χ2n) is 4.93. The molecule has 2 rings (SSSR count). The van der Waals surface area contributed by atoms with Gasteiger partial charge in [-0.25, -0.2) is 0 Å². The first-order valence-electron chi connectivity index (χ1n) is 6.45. The Bertz CT molecular complexity index is 607. The summed E-state index contributed by atoms with van der Waals surface area (Å²) in [6.07, 6.45) is 0. The molecule has 0 saturated carbocycles. The number of aromatic nitrogens is 2. The molecule has 0 spiro atoms. The van der Waals surface area contributed by atoms with Crippen LogP contribution in [0.1, 0.15) is 19.7 Å². The Balaban J connectivity index is 2.27. The maximum atomic E-state index is 12.0. The van der Waals surface area contributed by atoms with Crippen molar-refractivity contribution in [1.29, 1.82) is 0 Å². The fourth-order valence-corrected chi connectivity index (χ4v) is 1.70. The Morgan fingerprint density at radius 2 is 2.00 bits per heavy atom. The predicted octanol–water partition coefficient (Wildman–Crippen LogP) is 1.97. The van der Waals surface area contributed by atoms with Gasteiger partial charge in [-0.1, -0.05) is 26.0 Å². The smallest absolute Gasteiger partial charge is 0.249 e. The fourth-order valence-electron chi connectivity index (χ4n) is 1.70. The van der Waals surface area contributed by atoms with Gasteiger partial charge in [-0.2, -0.15) is 0 Å². The molecule has 3 N–H and O–H groups in total. The lowest BCUT2D eigenvalue weighted by atomic mass is 10.0. The largest absolute Gasteiger partial charge is 0.421 e. The van der Waals surface area contributed by atoms with Crippen molar-refractivity contribution < 1.29 is 9.21 Å². The minimum Gasteiger partial charge on any atom is -0.421 e. The Morgan fingerprint density at radius 3 is 2.60 bits per heavy atom. The van der Waals surface area contributed by atoms with Crippen molar-refractivity contribution in [3.05, 3.63) is 30.2 Å². The van der Waals surface area contributed by atoms with Crippen molar-refractivity contribution in [3.63, 3.8) is 0 Å². The summed E-state index contributed by atoms with van der Waals surface area (Å²) in [5.74, 6) is 0.674. The van der Waals surface area contributed by atoms with Crippen LogP contribution in [-0.4, -0.2) is 22.1 Å². The Labute approximate surface area is 117 Å². The lowest BCUT2D eigenvalue weighted by molar-refractivity contribution is -0.118. The SMILES string of the molecule is Cc1nnc(-c2ccccc2NC(=O)C(N)C(C)C)o1. The molecule has 0 aliphatic rings. The molecule has 106 valence electrons. The number of carbonyl (C=O) groups is 1. The summed E-state index contributed by atoms with van der Waals surface area (Å²) in [7, 11) is 0. The number of nitrogens with zero attached hydrogens (tertiary/aromatic N) is 2. The quantitative estimate of drug-likeness (QED) is 0.888. The highest BCUT2D eigenvalue weighted by Gasteiger charge is 2.19. The number of rotatable bonds is 4. The summed E-state index contributed by atoms with van der Waals surface area (Å²) in [5, 5.41) is 10.6. The third kappa shape index (κ3) is 3.03. The second kappa shape index (κ2) is 5.83. The molecule has 0 fully saturated rings. The van der Waals surface area contributed by atoms with Crippen LogP contribution in [-0.2, 0) is 4.79 Å². The number of nitrogens with one attached hydrogen (secondary N) is 1. The third-order valence-corrected chi connectivity index (χ3v) is 2.96. The molecule has 0 saturated heterocycles. The van der Waals surface area contributed by atoms with Gasteiger partial charge in [-0.3, -0.25) is 4.79 Å². The zero-order valence-electron chi connectivity index (χ0n) is 11.8. The zero-order valence-corrected chi connectivity index (χ0v) is 11.8. The molecular weight excluding hydrogens is 256 g/mol. The van der Waals surface area contributed by atoms with Gasteiger partial charge >= 0.3 is 0 Å². The highest BCUT2D eigenvalue weighted by Crippen LogP contribution is 2.26. The maximum absolute atomic E-state index is 12.0. The highest BCUT2D eigenvalue weighted by atomic mass is 16.4. The number of hydrogen-bond donors (Lipinski definition) is 2. The molecule has 0 radical (unpaired) electrons. The fraction of sp³-hybridized carbons (Fsp3) is 0.357. The first-order chi connectivity index (χ1) is 9.49. The number of anilines is 1. The average molecular weight is 274 g/mol. The first kappa shape index (κ1) is 14.2. The van der Waals surface area contributed by atoms with Gasteiger partial charge in [0.15, 0.2) is 0 Å². The summed E-state index contributed by atoms with van der Waals surface area (Å²) in [6, 6.07) is 6.69. The van der Waals surface area contributed by atoms with Crippen LogP contribution in [0.3, 0.4) is 0 Å². The number of para-hydroxylation sites is 1. The van der Waals surface area contributed by atoms with Crippen LogP contribution in [0.25, 0.3) is 11.5 Å². The Hall–Kier alpha value is -2.21. The van der Waals surface area contributed by atoms with E-state index < -0.39 is 6.04 Å². The molecule has 0 aliphatic heterocycles. The van der Waals surface area contributed by atoms with Gasteiger partial charge in [0, 0.05) is 6.92 Å². The van der Waals surface area contributed by atoms with E-state index in [-0.39, 0.29) is 11.8 Å². The van der Waals surface area contributed by atoms with Crippen LogP contribution in [0, 0.1) is 12.8 Å². The number of benzene rings is 1. The van der Waals surface area contributed by atoms with Crippen LogP contribution in [0.5, 0.6) is 0 Å². The summed E-state index contributed by atoms with van der Waals surface area (Å²) >= 11 is 0. The number of amides is 1. The van der Waals surface area contributed by atoms with Crippen LogP contribution < -0.4 is 11.1 Å². The summed E-state index contributed by atoms with van der Waals surface area (Å²) in [5.41, 5.74) is 7.12. The molecular formula is C14H18N4O2. The summed E-state index contributed by atoms with van der Waals surface area (Å²) in [6.45, 7) is 5.52. The van der Waals surface area contributed by atoms with E-state index in [1.165, 1.54) is 0 Å². The normalized spacial score (nSPS) is 12.4.